The molecule has 1 atom stereocenters. The van der Waals surface area contributed by atoms with E-state index in [1.54, 1.807) is 23.7 Å². The number of nitrogens with two attached hydrogens (primary N) is 1. The zero-order valence-electron chi connectivity index (χ0n) is 13.1. The van der Waals surface area contributed by atoms with Crippen LogP contribution in [0.1, 0.15) is 17.4 Å². The van der Waals surface area contributed by atoms with E-state index < -0.39 is 0 Å². The second-order valence-corrected chi connectivity index (χ2v) is 6.62. The summed E-state index contributed by atoms with van der Waals surface area (Å²) in [5.41, 5.74) is 8.93. The molecule has 0 aromatic carbocycles. The smallest absolute Gasteiger partial charge is 0.147 e. The predicted molar refractivity (Wildman–Crippen MR) is 92.3 cm³/mol. The van der Waals surface area contributed by atoms with E-state index >= 15 is 0 Å². The first kappa shape index (κ1) is 15.3. The van der Waals surface area contributed by atoms with Gasteiger partial charge >= 0.3 is 0 Å². The molecule has 3 aromatic heterocycles. The molecule has 0 aliphatic carbocycles. The van der Waals surface area contributed by atoms with Crippen LogP contribution in [0.15, 0.2) is 36.1 Å². The van der Waals surface area contributed by atoms with Crippen LogP contribution in [-0.4, -0.2) is 44.8 Å². The maximum absolute atomic E-state index is 5.94. The summed E-state index contributed by atoms with van der Waals surface area (Å²) >= 11 is 1.71. The summed E-state index contributed by atoms with van der Waals surface area (Å²) in [6.07, 6.45) is 5.00. The third-order valence-electron chi connectivity index (χ3n) is 4.09. The van der Waals surface area contributed by atoms with Crippen molar-refractivity contribution in [2.45, 2.75) is 12.6 Å². The van der Waals surface area contributed by atoms with Crippen molar-refractivity contribution in [3.63, 3.8) is 0 Å². The predicted octanol–water partition coefficient (Wildman–Crippen LogP) is 2.08. The van der Waals surface area contributed by atoms with Gasteiger partial charge in [-0.2, -0.15) is 5.10 Å². The molecule has 4 heterocycles. The number of aromatic amines is 1. The quantitative estimate of drug-likeness (QED) is 0.754. The van der Waals surface area contributed by atoms with Crippen LogP contribution in [0.3, 0.4) is 0 Å². The van der Waals surface area contributed by atoms with Gasteiger partial charge in [0.25, 0.3) is 0 Å². The highest BCUT2D eigenvalue weighted by molar-refractivity contribution is 7.13. The number of nitrogens with zero attached hydrogens (tertiary/aromatic N) is 4. The molecule has 124 valence electrons. The Morgan fingerprint density at radius 3 is 3.12 bits per heavy atom. The van der Waals surface area contributed by atoms with Crippen molar-refractivity contribution in [2.75, 3.05) is 25.4 Å². The molecule has 3 N–H and O–H groups in total. The van der Waals surface area contributed by atoms with E-state index in [2.05, 4.69) is 36.5 Å². The van der Waals surface area contributed by atoms with Crippen LogP contribution in [-0.2, 0) is 11.3 Å². The molecule has 3 aromatic rings. The highest BCUT2D eigenvalue weighted by Gasteiger charge is 2.26. The molecule has 0 unspecified atom stereocenters. The van der Waals surface area contributed by atoms with Crippen molar-refractivity contribution < 1.29 is 4.74 Å². The first-order chi connectivity index (χ1) is 11.8. The van der Waals surface area contributed by atoms with E-state index in [4.69, 9.17) is 10.5 Å². The summed E-state index contributed by atoms with van der Waals surface area (Å²) < 4.78 is 5.85. The second-order valence-electron chi connectivity index (χ2n) is 5.67. The molecule has 8 heteroatoms. The lowest BCUT2D eigenvalue weighted by Gasteiger charge is -2.32. The molecule has 1 aliphatic heterocycles. The molecule has 0 bridgehead atoms. The number of morpholine rings is 1. The number of nitrogens with one attached hydrogen (secondary N) is 1. The van der Waals surface area contributed by atoms with Gasteiger partial charge in [0.2, 0.25) is 0 Å². The van der Waals surface area contributed by atoms with Gasteiger partial charge in [0.05, 0.1) is 23.4 Å². The fourth-order valence-electron chi connectivity index (χ4n) is 2.93. The Hall–Kier alpha value is -2.29. The number of ether oxygens (including phenoxy) is 1. The van der Waals surface area contributed by atoms with Crippen molar-refractivity contribution in [3.05, 3.63) is 47.4 Å². The van der Waals surface area contributed by atoms with Crippen LogP contribution >= 0.6 is 11.3 Å². The van der Waals surface area contributed by atoms with E-state index in [1.807, 2.05) is 12.3 Å². The van der Waals surface area contributed by atoms with Crippen molar-refractivity contribution in [1.82, 2.24) is 25.1 Å². The van der Waals surface area contributed by atoms with E-state index in [-0.39, 0.29) is 6.10 Å². The number of rotatable bonds is 4. The van der Waals surface area contributed by atoms with Crippen molar-refractivity contribution in [1.29, 1.82) is 0 Å². The summed E-state index contributed by atoms with van der Waals surface area (Å²) in [4.78, 5) is 12.0. The summed E-state index contributed by atoms with van der Waals surface area (Å²) in [6.45, 7) is 3.06. The summed E-state index contributed by atoms with van der Waals surface area (Å²) in [6, 6.07) is 4.15. The largest absolute Gasteiger partial charge is 0.382 e. The van der Waals surface area contributed by atoms with E-state index in [0.29, 0.717) is 18.1 Å². The van der Waals surface area contributed by atoms with Crippen LogP contribution in [0.5, 0.6) is 0 Å². The lowest BCUT2D eigenvalue weighted by molar-refractivity contribution is -0.0346. The number of H-pyrrole nitrogens is 1. The van der Waals surface area contributed by atoms with Crippen molar-refractivity contribution in [2.24, 2.45) is 0 Å². The van der Waals surface area contributed by atoms with Crippen LogP contribution < -0.4 is 5.73 Å². The maximum Gasteiger partial charge on any atom is 0.147 e. The average molecular weight is 342 g/mol. The molecule has 1 fully saturated rings. The minimum absolute atomic E-state index is 0.149. The molecule has 1 saturated heterocycles. The molecular weight excluding hydrogens is 324 g/mol. The van der Waals surface area contributed by atoms with Gasteiger partial charge in [0.15, 0.2) is 0 Å². The molecule has 4 rings (SSSR count). The Kier molecular flexibility index (Phi) is 4.24. The molecular formula is C16H18N6OS. The molecule has 1 aliphatic rings. The number of thiophene rings is 1. The van der Waals surface area contributed by atoms with Gasteiger partial charge in [-0.15, -0.1) is 11.3 Å². The Labute approximate surface area is 143 Å². The third-order valence-corrected chi connectivity index (χ3v) is 4.98. The third kappa shape index (κ3) is 3.03. The van der Waals surface area contributed by atoms with Gasteiger partial charge in [-0.05, 0) is 11.4 Å². The lowest BCUT2D eigenvalue weighted by Crippen LogP contribution is -2.38. The van der Waals surface area contributed by atoms with Crippen LogP contribution in [0.25, 0.3) is 10.6 Å². The van der Waals surface area contributed by atoms with Gasteiger partial charge in [0.1, 0.15) is 17.6 Å². The maximum atomic E-state index is 5.94. The number of aromatic nitrogens is 4. The standard InChI is InChI=1S/C16H18N6OS/c17-16-15(18-3-4-19-16)12-10-22(5-6-23-12)9-11-8-20-21-14(11)13-2-1-7-24-13/h1-4,7-8,12H,5-6,9-10H2,(H2,17,19)(H,20,21)/t12-/m0/s1. The molecule has 0 amide bonds. The summed E-state index contributed by atoms with van der Waals surface area (Å²) in [7, 11) is 0. The Bertz CT molecular complexity index is 803. The lowest BCUT2D eigenvalue weighted by atomic mass is 10.1. The Morgan fingerprint density at radius 1 is 1.38 bits per heavy atom. The van der Waals surface area contributed by atoms with Gasteiger partial charge in [0, 0.05) is 37.6 Å². The van der Waals surface area contributed by atoms with Crippen molar-refractivity contribution >= 4 is 17.2 Å². The number of nitrogen functional groups attached to an aromatic ring is 1. The van der Waals surface area contributed by atoms with Crippen LogP contribution in [0, 0.1) is 0 Å². The molecule has 7 nitrogen and oxygen atoms in total. The monoisotopic (exact) mass is 342 g/mol. The highest BCUT2D eigenvalue weighted by Crippen LogP contribution is 2.29. The van der Waals surface area contributed by atoms with E-state index in [9.17, 15) is 0 Å². The number of hydrogen-bond donors (Lipinski definition) is 2. The van der Waals surface area contributed by atoms with Crippen molar-refractivity contribution in [3.8, 4) is 10.6 Å². The topological polar surface area (TPSA) is 93.0 Å². The van der Waals surface area contributed by atoms with E-state index in [0.717, 1.165) is 25.3 Å². The van der Waals surface area contributed by atoms with Gasteiger partial charge in [-0.25, -0.2) is 4.98 Å². The minimum Gasteiger partial charge on any atom is -0.382 e. The zero-order chi connectivity index (χ0) is 16.4. The summed E-state index contributed by atoms with van der Waals surface area (Å²) in [5.74, 6) is 0.437. The highest BCUT2D eigenvalue weighted by atomic mass is 32.1. The first-order valence-corrected chi connectivity index (χ1v) is 8.65. The van der Waals surface area contributed by atoms with Gasteiger partial charge < -0.3 is 10.5 Å². The fourth-order valence-corrected chi connectivity index (χ4v) is 3.68. The summed E-state index contributed by atoms with van der Waals surface area (Å²) in [5, 5.41) is 9.40. The zero-order valence-corrected chi connectivity index (χ0v) is 13.9. The van der Waals surface area contributed by atoms with Crippen LogP contribution in [0.4, 0.5) is 5.82 Å². The SMILES string of the molecule is Nc1nccnc1[C@@H]1CN(Cc2cn[nH]c2-c2cccs2)CCO1. The van der Waals surface area contributed by atoms with Gasteiger partial charge in [-0.1, -0.05) is 6.07 Å². The number of hydrogen-bond acceptors (Lipinski definition) is 7. The number of anilines is 1. The second kappa shape index (κ2) is 6.68. The van der Waals surface area contributed by atoms with E-state index in [1.165, 1.54) is 10.4 Å². The first-order valence-electron chi connectivity index (χ1n) is 7.77. The molecule has 0 spiro atoms. The average Bonchev–Trinajstić information content (AvgIpc) is 3.27. The fraction of sp³-hybridized carbons (Fsp3) is 0.312. The molecule has 0 saturated carbocycles. The minimum atomic E-state index is -0.149. The Morgan fingerprint density at radius 2 is 2.29 bits per heavy atom. The van der Waals surface area contributed by atoms with Crippen LogP contribution in [0.2, 0.25) is 0 Å². The molecule has 24 heavy (non-hydrogen) atoms. The molecule has 0 radical (unpaired) electrons. The normalized spacial score (nSPS) is 18.8. The Balaban J connectivity index is 1.50. The van der Waals surface area contributed by atoms with Gasteiger partial charge in [-0.3, -0.25) is 15.0 Å².